The van der Waals surface area contributed by atoms with Crippen molar-refractivity contribution in [3.8, 4) is 5.75 Å². The second-order valence-electron chi connectivity index (χ2n) is 7.80. The number of para-hydroxylation sites is 1. The molecule has 1 saturated heterocycles. The fourth-order valence-corrected chi connectivity index (χ4v) is 4.13. The Balaban J connectivity index is 1.62. The highest BCUT2D eigenvalue weighted by Gasteiger charge is 2.40. The Morgan fingerprint density at radius 2 is 1.79 bits per heavy atom. The molecule has 2 N–H and O–H groups in total. The molecular weight excluding hydrogens is 368 g/mol. The maximum atomic E-state index is 12.9. The Kier molecular flexibility index (Phi) is 6.17. The Labute approximate surface area is 163 Å². The maximum absolute atomic E-state index is 12.9. The van der Waals surface area contributed by atoms with Crippen LogP contribution in [0, 0.1) is 5.92 Å². The van der Waals surface area contributed by atoms with Gasteiger partial charge in [-0.05, 0) is 31.9 Å². The molecular formula is C20H27F2N3O3. The van der Waals surface area contributed by atoms with Gasteiger partial charge in [-0.25, -0.2) is 0 Å². The van der Waals surface area contributed by atoms with Gasteiger partial charge in [-0.15, -0.1) is 0 Å². The average Bonchev–Trinajstić information content (AvgIpc) is 2.67. The summed E-state index contributed by atoms with van der Waals surface area (Å²) in [5, 5.41) is 0. The third-order valence-corrected chi connectivity index (χ3v) is 5.76. The van der Waals surface area contributed by atoms with Crippen LogP contribution in [0.15, 0.2) is 24.3 Å². The molecule has 1 heterocycles. The second-order valence-corrected chi connectivity index (χ2v) is 7.80. The number of hydrogen-bond donors (Lipinski definition) is 1. The minimum Gasteiger partial charge on any atom is -0.434 e. The quantitative estimate of drug-likeness (QED) is 0.850. The first-order chi connectivity index (χ1) is 13.3. The Morgan fingerprint density at radius 1 is 1.14 bits per heavy atom. The normalized spacial score (nSPS) is 25.7. The smallest absolute Gasteiger partial charge is 0.387 e. The molecule has 0 spiro atoms. The number of carbonyl (C=O) groups excluding carboxylic acids is 2. The predicted molar refractivity (Wildman–Crippen MR) is 100 cm³/mol. The lowest BCUT2D eigenvalue weighted by Crippen LogP contribution is -2.57. The zero-order valence-electron chi connectivity index (χ0n) is 16.1. The van der Waals surface area contributed by atoms with Gasteiger partial charge in [0.25, 0.3) is 5.91 Å². The number of nitrogens with two attached hydrogens (primary N) is 1. The van der Waals surface area contributed by atoms with Crippen molar-refractivity contribution in [1.29, 1.82) is 0 Å². The van der Waals surface area contributed by atoms with Gasteiger partial charge in [0.1, 0.15) is 5.75 Å². The van der Waals surface area contributed by atoms with Crippen molar-refractivity contribution in [2.75, 3.05) is 26.2 Å². The Morgan fingerprint density at radius 3 is 2.43 bits per heavy atom. The van der Waals surface area contributed by atoms with Gasteiger partial charge in [-0.3, -0.25) is 9.59 Å². The van der Waals surface area contributed by atoms with Gasteiger partial charge in [0, 0.05) is 31.7 Å². The van der Waals surface area contributed by atoms with Gasteiger partial charge in [-0.1, -0.05) is 25.0 Å². The molecule has 0 bridgehead atoms. The molecule has 2 unspecified atom stereocenters. The summed E-state index contributed by atoms with van der Waals surface area (Å²) in [6.45, 7) is 0.464. The molecule has 3 rings (SSSR count). The molecule has 6 nitrogen and oxygen atoms in total. The molecule has 0 radical (unpaired) electrons. The van der Waals surface area contributed by atoms with Crippen LogP contribution in [0.1, 0.15) is 43.0 Å². The number of carbonyl (C=O) groups is 2. The molecule has 1 aliphatic heterocycles. The molecule has 1 aromatic rings. The van der Waals surface area contributed by atoms with Gasteiger partial charge in [0.15, 0.2) is 0 Å². The van der Waals surface area contributed by atoms with Gasteiger partial charge >= 0.3 is 6.61 Å². The first-order valence-electron chi connectivity index (χ1n) is 9.70. The number of ether oxygens (including phenoxy) is 1. The lowest BCUT2D eigenvalue weighted by atomic mass is 9.74. The molecule has 8 heteroatoms. The molecule has 0 aromatic heterocycles. The standard InChI is InChI=1S/C20H27F2N3O3/c1-20(23)9-5-4-7-15(20)18(27)25-12-10-24(11-13-25)17(26)14-6-2-3-8-16(14)28-19(21)22/h2-3,6,8,15,19H,4-5,7,9-13,23H2,1H3. The van der Waals surface area contributed by atoms with E-state index in [-0.39, 0.29) is 29.0 Å². The zero-order chi connectivity index (χ0) is 20.3. The first-order valence-corrected chi connectivity index (χ1v) is 9.70. The number of nitrogens with zero attached hydrogens (tertiary/aromatic N) is 2. The van der Waals surface area contributed by atoms with Crippen LogP contribution in [-0.2, 0) is 4.79 Å². The summed E-state index contributed by atoms with van der Waals surface area (Å²) in [6.07, 6.45) is 3.67. The highest BCUT2D eigenvalue weighted by molar-refractivity contribution is 5.97. The monoisotopic (exact) mass is 395 g/mol. The summed E-state index contributed by atoms with van der Waals surface area (Å²) < 4.78 is 29.6. The summed E-state index contributed by atoms with van der Waals surface area (Å²) in [7, 11) is 0. The van der Waals surface area contributed by atoms with Crippen LogP contribution in [0.4, 0.5) is 8.78 Å². The molecule has 154 valence electrons. The van der Waals surface area contributed by atoms with E-state index < -0.39 is 12.2 Å². The van der Waals surface area contributed by atoms with Crippen LogP contribution < -0.4 is 10.5 Å². The van der Waals surface area contributed by atoms with E-state index in [1.54, 1.807) is 21.9 Å². The van der Waals surface area contributed by atoms with Crippen LogP contribution in [0.3, 0.4) is 0 Å². The fraction of sp³-hybridized carbons (Fsp3) is 0.600. The van der Waals surface area contributed by atoms with E-state index in [1.807, 2.05) is 6.92 Å². The van der Waals surface area contributed by atoms with Gasteiger partial charge < -0.3 is 20.3 Å². The molecule has 28 heavy (non-hydrogen) atoms. The van der Waals surface area contributed by atoms with Crippen LogP contribution in [0.5, 0.6) is 5.75 Å². The molecule has 2 atom stereocenters. The molecule has 2 aliphatic rings. The van der Waals surface area contributed by atoms with Crippen molar-refractivity contribution in [1.82, 2.24) is 9.80 Å². The second kappa shape index (κ2) is 8.43. The first kappa shape index (κ1) is 20.5. The SMILES string of the molecule is CC1(N)CCCCC1C(=O)N1CCN(C(=O)c2ccccc2OC(F)F)CC1. The van der Waals surface area contributed by atoms with Gasteiger partial charge in [0.05, 0.1) is 11.5 Å². The number of amides is 2. The highest BCUT2D eigenvalue weighted by Crippen LogP contribution is 2.33. The summed E-state index contributed by atoms with van der Waals surface area (Å²) in [5.41, 5.74) is 5.96. The number of rotatable bonds is 4. The Hall–Kier alpha value is -2.22. The van der Waals surface area contributed by atoms with Gasteiger partial charge in [-0.2, -0.15) is 8.78 Å². The number of hydrogen-bond acceptors (Lipinski definition) is 4. The molecule has 1 aromatic carbocycles. The summed E-state index contributed by atoms with van der Waals surface area (Å²) >= 11 is 0. The molecule has 1 saturated carbocycles. The van der Waals surface area contributed by atoms with E-state index in [4.69, 9.17) is 5.73 Å². The number of piperazine rings is 1. The topological polar surface area (TPSA) is 75.9 Å². The largest absolute Gasteiger partial charge is 0.434 e. The van der Waals surface area contributed by atoms with Crippen LogP contribution >= 0.6 is 0 Å². The van der Waals surface area contributed by atoms with Crippen molar-refractivity contribution in [3.63, 3.8) is 0 Å². The summed E-state index contributed by atoms with van der Waals surface area (Å²) in [6, 6.07) is 5.97. The molecule has 1 aliphatic carbocycles. The van der Waals surface area contributed by atoms with E-state index in [1.165, 1.54) is 12.1 Å². The lowest BCUT2D eigenvalue weighted by molar-refractivity contribution is -0.140. The zero-order valence-corrected chi connectivity index (χ0v) is 16.1. The van der Waals surface area contributed by atoms with E-state index in [0.29, 0.717) is 26.2 Å². The van der Waals surface area contributed by atoms with Crippen LogP contribution in [0.25, 0.3) is 0 Å². The van der Waals surface area contributed by atoms with Crippen molar-refractivity contribution in [3.05, 3.63) is 29.8 Å². The Bertz CT molecular complexity index is 718. The predicted octanol–water partition coefficient (Wildman–Crippen LogP) is 2.48. The lowest BCUT2D eigenvalue weighted by Gasteiger charge is -2.42. The van der Waals surface area contributed by atoms with E-state index in [0.717, 1.165) is 25.7 Å². The third kappa shape index (κ3) is 4.43. The minimum atomic E-state index is -3.00. The maximum Gasteiger partial charge on any atom is 0.387 e. The number of alkyl halides is 2. The summed E-state index contributed by atoms with van der Waals surface area (Å²) in [4.78, 5) is 29.0. The average molecular weight is 395 g/mol. The van der Waals surface area contributed by atoms with Crippen molar-refractivity contribution in [2.45, 2.75) is 44.8 Å². The van der Waals surface area contributed by atoms with Crippen LogP contribution in [-0.4, -0.2) is 59.9 Å². The number of halogens is 2. The minimum absolute atomic E-state index is 0.0539. The fourth-order valence-electron chi connectivity index (χ4n) is 4.13. The van der Waals surface area contributed by atoms with E-state index >= 15 is 0 Å². The van der Waals surface area contributed by atoms with Crippen molar-refractivity contribution in [2.24, 2.45) is 11.7 Å². The molecule has 2 fully saturated rings. The summed E-state index contributed by atoms with van der Waals surface area (Å²) in [5.74, 6) is -0.645. The molecule has 2 amide bonds. The van der Waals surface area contributed by atoms with Crippen molar-refractivity contribution < 1.29 is 23.1 Å². The highest BCUT2D eigenvalue weighted by atomic mass is 19.3. The third-order valence-electron chi connectivity index (χ3n) is 5.76. The van der Waals surface area contributed by atoms with E-state index in [9.17, 15) is 18.4 Å². The van der Waals surface area contributed by atoms with Gasteiger partial charge in [0.2, 0.25) is 5.91 Å². The van der Waals surface area contributed by atoms with Crippen LogP contribution in [0.2, 0.25) is 0 Å². The van der Waals surface area contributed by atoms with Crippen molar-refractivity contribution >= 4 is 11.8 Å². The number of benzene rings is 1. The van der Waals surface area contributed by atoms with E-state index in [2.05, 4.69) is 4.74 Å².